The van der Waals surface area contributed by atoms with Gasteiger partial charge in [0.25, 0.3) is 0 Å². The number of hydrogen-bond donors (Lipinski definition) is 1. The number of nitrogens with two attached hydrogens (primary N) is 1. The molecule has 0 bridgehead atoms. The van der Waals surface area contributed by atoms with E-state index in [-0.39, 0.29) is 5.41 Å². The van der Waals surface area contributed by atoms with Crippen LogP contribution < -0.4 is 5.73 Å². The Morgan fingerprint density at radius 1 is 1.11 bits per heavy atom. The van der Waals surface area contributed by atoms with Gasteiger partial charge < -0.3 is 5.73 Å². The lowest BCUT2D eigenvalue weighted by Gasteiger charge is -2.29. The van der Waals surface area contributed by atoms with Crippen molar-refractivity contribution in [1.82, 2.24) is 0 Å². The molecule has 0 amide bonds. The number of rotatable bonds is 3. The van der Waals surface area contributed by atoms with E-state index in [0.717, 1.165) is 30.3 Å². The fourth-order valence-electron chi connectivity index (χ4n) is 3.27. The standard InChI is InChI=1S/C17H18BrN/c18-15-6-3-4-13(10-15)11-17(12-19)9-8-14-5-1-2-7-16(14)17/h1-7,10H,8-9,11-12,19H2. The highest BCUT2D eigenvalue weighted by atomic mass is 79.9. The Labute approximate surface area is 123 Å². The second kappa shape index (κ2) is 5.10. The van der Waals surface area contributed by atoms with Gasteiger partial charge in [-0.15, -0.1) is 0 Å². The number of aryl methyl sites for hydroxylation is 1. The molecule has 0 aromatic heterocycles. The van der Waals surface area contributed by atoms with E-state index in [1.54, 1.807) is 0 Å². The molecular weight excluding hydrogens is 298 g/mol. The number of halogens is 1. The molecule has 2 aromatic carbocycles. The average Bonchev–Trinajstić information content (AvgIpc) is 2.79. The molecule has 1 nitrogen and oxygen atoms in total. The SMILES string of the molecule is NCC1(Cc2cccc(Br)c2)CCc2ccccc21. The van der Waals surface area contributed by atoms with E-state index in [9.17, 15) is 0 Å². The van der Waals surface area contributed by atoms with Gasteiger partial charge in [0.05, 0.1) is 0 Å². The summed E-state index contributed by atoms with van der Waals surface area (Å²) >= 11 is 3.55. The molecule has 1 unspecified atom stereocenters. The van der Waals surface area contributed by atoms with Crippen LogP contribution in [-0.4, -0.2) is 6.54 Å². The van der Waals surface area contributed by atoms with Gasteiger partial charge in [-0.3, -0.25) is 0 Å². The summed E-state index contributed by atoms with van der Waals surface area (Å²) in [5, 5.41) is 0. The molecular formula is C17H18BrN. The van der Waals surface area contributed by atoms with E-state index in [0.29, 0.717) is 0 Å². The van der Waals surface area contributed by atoms with Gasteiger partial charge in [-0.25, -0.2) is 0 Å². The first-order chi connectivity index (χ1) is 9.23. The molecule has 0 fully saturated rings. The summed E-state index contributed by atoms with van der Waals surface area (Å²) in [6, 6.07) is 17.3. The topological polar surface area (TPSA) is 26.0 Å². The third kappa shape index (κ3) is 2.35. The lowest BCUT2D eigenvalue weighted by atomic mass is 9.77. The Morgan fingerprint density at radius 3 is 2.74 bits per heavy atom. The molecule has 0 saturated carbocycles. The number of hydrogen-bond acceptors (Lipinski definition) is 1. The normalized spacial score (nSPS) is 21.4. The van der Waals surface area contributed by atoms with E-state index in [4.69, 9.17) is 5.73 Å². The Hall–Kier alpha value is -1.12. The van der Waals surface area contributed by atoms with E-state index < -0.39 is 0 Å². The molecule has 1 aliphatic carbocycles. The first-order valence-corrected chi connectivity index (χ1v) is 7.56. The van der Waals surface area contributed by atoms with E-state index >= 15 is 0 Å². The molecule has 0 radical (unpaired) electrons. The Bertz CT molecular complexity index is 593. The maximum Gasteiger partial charge on any atom is 0.0178 e. The summed E-state index contributed by atoms with van der Waals surface area (Å²) in [7, 11) is 0. The highest BCUT2D eigenvalue weighted by Crippen LogP contribution is 2.40. The second-order valence-electron chi connectivity index (χ2n) is 5.45. The molecule has 1 aliphatic rings. The maximum absolute atomic E-state index is 6.16. The van der Waals surface area contributed by atoms with Crippen molar-refractivity contribution in [2.45, 2.75) is 24.7 Å². The monoisotopic (exact) mass is 315 g/mol. The van der Waals surface area contributed by atoms with Crippen LogP contribution in [-0.2, 0) is 18.3 Å². The molecule has 0 heterocycles. The lowest BCUT2D eigenvalue weighted by molar-refractivity contribution is 0.431. The Morgan fingerprint density at radius 2 is 1.95 bits per heavy atom. The van der Waals surface area contributed by atoms with Crippen molar-refractivity contribution in [2.75, 3.05) is 6.54 Å². The van der Waals surface area contributed by atoms with Gasteiger partial charge >= 0.3 is 0 Å². The van der Waals surface area contributed by atoms with Crippen molar-refractivity contribution in [3.63, 3.8) is 0 Å². The number of fused-ring (bicyclic) bond motifs is 1. The van der Waals surface area contributed by atoms with Crippen molar-refractivity contribution in [1.29, 1.82) is 0 Å². The van der Waals surface area contributed by atoms with Gasteiger partial charge in [-0.2, -0.15) is 0 Å². The van der Waals surface area contributed by atoms with Crippen molar-refractivity contribution in [3.05, 3.63) is 69.7 Å². The molecule has 2 N–H and O–H groups in total. The van der Waals surface area contributed by atoms with Crippen molar-refractivity contribution in [3.8, 4) is 0 Å². The summed E-state index contributed by atoms with van der Waals surface area (Å²) in [4.78, 5) is 0. The summed E-state index contributed by atoms with van der Waals surface area (Å²) < 4.78 is 1.14. The zero-order chi connectivity index (χ0) is 13.3. The minimum absolute atomic E-state index is 0.122. The number of benzene rings is 2. The largest absolute Gasteiger partial charge is 0.330 e. The van der Waals surface area contributed by atoms with Gasteiger partial charge in [-0.1, -0.05) is 52.3 Å². The minimum atomic E-state index is 0.122. The average molecular weight is 316 g/mol. The molecule has 98 valence electrons. The lowest BCUT2D eigenvalue weighted by Crippen LogP contribution is -2.35. The van der Waals surface area contributed by atoms with E-state index in [1.807, 2.05) is 0 Å². The highest BCUT2D eigenvalue weighted by Gasteiger charge is 2.37. The summed E-state index contributed by atoms with van der Waals surface area (Å²) in [6.07, 6.45) is 3.34. The highest BCUT2D eigenvalue weighted by molar-refractivity contribution is 9.10. The van der Waals surface area contributed by atoms with Gasteiger partial charge in [0, 0.05) is 16.4 Å². The van der Waals surface area contributed by atoms with Crippen LogP contribution in [0, 0.1) is 0 Å². The summed E-state index contributed by atoms with van der Waals surface area (Å²) in [6.45, 7) is 0.719. The van der Waals surface area contributed by atoms with Gasteiger partial charge in [0.1, 0.15) is 0 Å². The van der Waals surface area contributed by atoms with Gasteiger partial charge in [0.15, 0.2) is 0 Å². The van der Waals surface area contributed by atoms with Crippen LogP contribution in [0.15, 0.2) is 53.0 Å². The third-order valence-electron chi connectivity index (χ3n) is 4.28. The van der Waals surface area contributed by atoms with Gasteiger partial charge in [0.2, 0.25) is 0 Å². The van der Waals surface area contributed by atoms with Crippen molar-refractivity contribution < 1.29 is 0 Å². The van der Waals surface area contributed by atoms with Crippen LogP contribution in [0.3, 0.4) is 0 Å². The predicted molar refractivity (Wildman–Crippen MR) is 83.3 cm³/mol. The van der Waals surface area contributed by atoms with Gasteiger partial charge in [-0.05, 0) is 48.1 Å². The van der Waals surface area contributed by atoms with Crippen LogP contribution in [0.4, 0.5) is 0 Å². The molecule has 0 spiro atoms. The Balaban J connectivity index is 1.98. The van der Waals surface area contributed by atoms with Crippen LogP contribution in [0.5, 0.6) is 0 Å². The van der Waals surface area contributed by atoms with E-state index in [1.165, 1.54) is 16.7 Å². The molecule has 0 saturated heterocycles. The summed E-state index contributed by atoms with van der Waals surface area (Å²) in [5.41, 5.74) is 10.6. The van der Waals surface area contributed by atoms with Crippen molar-refractivity contribution >= 4 is 15.9 Å². The first kappa shape index (κ1) is 12.9. The summed E-state index contributed by atoms with van der Waals surface area (Å²) in [5.74, 6) is 0. The minimum Gasteiger partial charge on any atom is -0.330 e. The van der Waals surface area contributed by atoms with Crippen LogP contribution >= 0.6 is 15.9 Å². The van der Waals surface area contributed by atoms with Crippen LogP contribution in [0.2, 0.25) is 0 Å². The quantitative estimate of drug-likeness (QED) is 0.915. The third-order valence-corrected chi connectivity index (χ3v) is 4.78. The second-order valence-corrected chi connectivity index (χ2v) is 6.36. The molecule has 1 atom stereocenters. The Kier molecular flexibility index (Phi) is 3.46. The molecule has 0 aliphatic heterocycles. The fourth-order valence-corrected chi connectivity index (χ4v) is 3.72. The zero-order valence-corrected chi connectivity index (χ0v) is 12.5. The predicted octanol–water partition coefficient (Wildman–Crippen LogP) is 3.83. The van der Waals surface area contributed by atoms with Crippen molar-refractivity contribution in [2.24, 2.45) is 5.73 Å². The van der Waals surface area contributed by atoms with E-state index in [2.05, 4.69) is 64.5 Å². The zero-order valence-electron chi connectivity index (χ0n) is 10.9. The maximum atomic E-state index is 6.16. The smallest absolute Gasteiger partial charge is 0.0178 e. The van der Waals surface area contributed by atoms with Crippen LogP contribution in [0.1, 0.15) is 23.1 Å². The van der Waals surface area contributed by atoms with Crippen LogP contribution in [0.25, 0.3) is 0 Å². The molecule has 2 heteroatoms. The molecule has 3 rings (SSSR count). The first-order valence-electron chi connectivity index (χ1n) is 6.76. The molecule has 2 aromatic rings. The molecule has 19 heavy (non-hydrogen) atoms. The fraction of sp³-hybridized carbons (Fsp3) is 0.294.